The van der Waals surface area contributed by atoms with Gasteiger partial charge < -0.3 is 4.74 Å². The highest BCUT2D eigenvalue weighted by Crippen LogP contribution is 2.29. The Labute approximate surface area is 129 Å². The van der Waals surface area contributed by atoms with Crippen LogP contribution in [0.1, 0.15) is 38.7 Å². The molecule has 0 atom stereocenters. The molecule has 0 unspecified atom stereocenters. The van der Waals surface area contributed by atoms with Gasteiger partial charge in [-0.15, -0.1) is 11.6 Å². The van der Waals surface area contributed by atoms with Crippen molar-refractivity contribution in [1.82, 2.24) is 0 Å². The fourth-order valence-corrected chi connectivity index (χ4v) is 1.98. The molecule has 5 nitrogen and oxygen atoms in total. The maximum atomic E-state index is 10.9. The quantitative estimate of drug-likeness (QED) is 0.308. The molecule has 0 saturated heterocycles. The number of nitriles is 1. The average Bonchev–Trinajstić information content (AvgIpc) is 2.46. The lowest BCUT2D eigenvalue weighted by Crippen LogP contribution is -2.08. The van der Waals surface area contributed by atoms with Crippen LogP contribution in [0.3, 0.4) is 0 Å². The van der Waals surface area contributed by atoms with E-state index in [2.05, 4.69) is 6.07 Å². The highest BCUT2D eigenvalue weighted by molar-refractivity contribution is 6.17. The molecule has 0 aromatic heterocycles. The Kier molecular flexibility index (Phi) is 6.44. The number of nitrogens with zero attached hydrogens (tertiary/aromatic N) is 2. The minimum absolute atomic E-state index is 0.0544. The zero-order chi connectivity index (χ0) is 15.9. The molecule has 0 aliphatic heterocycles. The number of halogens is 1. The van der Waals surface area contributed by atoms with Gasteiger partial charge in [0.05, 0.1) is 23.0 Å². The highest BCUT2D eigenvalue weighted by Gasteiger charge is 2.17. The molecule has 114 valence electrons. The predicted octanol–water partition coefficient (Wildman–Crippen LogP) is 4.43. The summed E-state index contributed by atoms with van der Waals surface area (Å²) in [6.45, 7) is 4.17. The molecule has 0 aliphatic carbocycles. The number of nitro groups is 1. The Morgan fingerprint density at radius 2 is 2.14 bits per heavy atom. The van der Waals surface area contributed by atoms with Crippen molar-refractivity contribution in [1.29, 1.82) is 5.26 Å². The van der Waals surface area contributed by atoms with Crippen LogP contribution in [0, 0.1) is 26.9 Å². The summed E-state index contributed by atoms with van der Waals surface area (Å²) in [6.07, 6.45) is 2.35. The standard InChI is InChI=1S/C15H19ClN2O3/c1-15(2,11-17)7-3-4-8-21-14-9-12(10-16)5-6-13(14)18(19)20/h5-6,9H,3-4,7-8,10H2,1-2H3. The number of alkyl halides is 1. The summed E-state index contributed by atoms with van der Waals surface area (Å²) in [6, 6.07) is 6.87. The summed E-state index contributed by atoms with van der Waals surface area (Å²) in [7, 11) is 0. The molecule has 1 rings (SSSR count). The van der Waals surface area contributed by atoms with Crippen LogP contribution in [-0.2, 0) is 5.88 Å². The lowest BCUT2D eigenvalue weighted by atomic mass is 9.89. The van der Waals surface area contributed by atoms with Gasteiger partial charge in [-0.2, -0.15) is 5.26 Å². The van der Waals surface area contributed by atoms with Gasteiger partial charge in [-0.3, -0.25) is 10.1 Å². The van der Waals surface area contributed by atoms with Gasteiger partial charge in [0, 0.05) is 11.9 Å². The van der Waals surface area contributed by atoms with Crippen LogP contribution in [0.2, 0.25) is 0 Å². The first-order chi connectivity index (χ1) is 9.89. The lowest BCUT2D eigenvalue weighted by molar-refractivity contribution is -0.385. The van der Waals surface area contributed by atoms with Gasteiger partial charge in [0.15, 0.2) is 5.75 Å². The molecule has 0 heterocycles. The van der Waals surface area contributed by atoms with Crippen molar-refractivity contribution in [2.24, 2.45) is 5.41 Å². The summed E-state index contributed by atoms with van der Waals surface area (Å²) >= 11 is 5.72. The second-order valence-corrected chi connectivity index (χ2v) is 5.76. The minimum atomic E-state index is -0.466. The maximum Gasteiger partial charge on any atom is 0.310 e. The van der Waals surface area contributed by atoms with Crippen LogP contribution >= 0.6 is 11.6 Å². The number of hydrogen-bond donors (Lipinski definition) is 0. The van der Waals surface area contributed by atoms with Crippen LogP contribution in [0.4, 0.5) is 5.69 Å². The molecule has 6 heteroatoms. The van der Waals surface area contributed by atoms with Crippen molar-refractivity contribution >= 4 is 17.3 Å². The lowest BCUT2D eigenvalue weighted by Gasteiger charge is -2.14. The number of rotatable bonds is 8. The van der Waals surface area contributed by atoms with E-state index in [1.54, 1.807) is 12.1 Å². The zero-order valence-corrected chi connectivity index (χ0v) is 13.0. The topological polar surface area (TPSA) is 76.2 Å². The maximum absolute atomic E-state index is 10.9. The Morgan fingerprint density at radius 1 is 1.43 bits per heavy atom. The fraction of sp³-hybridized carbons (Fsp3) is 0.533. The highest BCUT2D eigenvalue weighted by atomic mass is 35.5. The Morgan fingerprint density at radius 3 is 2.71 bits per heavy atom. The summed E-state index contributed by atoms with van der Waals surface area (Å²) in [5.74, 6) is 0.530. The van der Waals surface area contributed by atoms with Gasteiger partial charge in [0.1, 0.15) is 0 Å². The third-order valence-electron chi connectivity index (χ3n) is 3.13. The molecule has 0 saturated carbocycles. The SMILES string of the molecule is CC(C)(C#N)CCCCOc1cc(CCl)ccc1[N+](=O)[O-]. The normalized spacial score (nSPS) is 11.0. The molecule has 0 spiro atoms. The summed E-state index contributed by atoms with van der Waals surface area (Å²) in [5.41, 5.74) is 0.383. The first kappa shape index (κ1) is 17.3. The van der Waals surface area contributed by atoms with Crippen molar-refractivity contribution in [2.75, 3.05) is 6.61 Å². The molecule has 1 aromatic rings. The van der Waals surface area contributed by atoms with Crippen molar-refractivity contribution in [2.45, 2.75) is 39.0 Å². The van der Waals surface area contributed by atoms with E-state index in [4.69, 9.17) is 21.6 Å². The van der Waals surface area contributed by atoms with Gasteiger partial charge in [0.2, 0.25) is 0 Å². The van der Waals surface area contributed by atoms with Gasteiger partial charge in [0.25, 0.3) is 0 Å². The Hall–Kier alpha value is -1.80. The van der Waals surface area contributed by atoms with Crippen LogP contribution in [-0.4, -0.2) is 11.5 Å². The number of hydrogen-bond acceptors (Lipinski definition) is 4. The molecule has 0 amide bonds. The van der Waals surface area contributed by atoms with E-state index < -0.39 is 4.92 Å². The monoisotopic (exact) mass is 310 g/mol. The first-order valence-electron chi connectivity index (χ1n) is 6.77. The molecule has 0 bridgehead atoms. The predicted molar refractivity (Wildman–Crippen MR) is 81.4 cm³/mol. The van der Waals surface area contributed by atoms with Gasteiger partial charge >= 0.3 is 5.69 Å². The van der Waals surface area contributed by atoms with E-state index in [0.717, 1.165) is 24.8 Å². The molecule has 0 radical (unpaired) electrons. The largest absolute Gasteiger partial charge is 0.487 e. The average molecular weight is 311 g/mol. The summed E-state index contributed by atoms with van der Waals surface area (Å²) < 4.78 is 5.51. The van der Waals surface area contributed by atoms with Gasteiger partial charge in [-0.1, -0.05) is 6.07 Å². The van der Waals surface area contributed by atoms with E-state index >= 15 is 0 Å². The third-order valence-corrected chi connectivity index (χ3v) is 3.44. The van der Waals surface area contributed by atoms with Gasteiger partial charge in [-0.25, -0.2) is 0 Å². The third kappa shape index (κ3) is 5.60. The zero-order valence-electron chi connectivity index (χ0n) is 12.3. The van der Waals surface area contributed by atoms with E-state index in [-0.39, 0.29) is 22.7 Å². The fourth-order valence-electron chi connectivity index (χ4n) is 1.82. The Balaban J connectivity index is 2.55. The van der Waals surface area contributed by atoms with Crippen molar-refractivity contribution < 1.29 is 9.66 Å². The summed E-state index contributed by atoms with van der Waals surface area (Å²) in [4.78, 5) is 10.5. The van der Waals surface area contributed by atoms with Crippen LogP contribution in [0.5, 0.6) is 5.75 Å². The number of ether oxygens (including phenoxy) is 1. The molecule has 0 fully saturated rings. The second-order valence-electron chi connectivity index (χ2n) is 5.49. The van der Waals surface area contributed by atoms with Crippen LogP contribution in [0.15, 0.2) is 18.2 Å². The molecule has 21 heavy (non-hydrogen) atoms. The molecular formula is C15H19ClN2O3. The molecular weight excluding hydrogens is 292 g/mol. The number of unbranched alkanes of at least 4 members (excludes halogenated alkanes) is 1. The first-order valence-corrected chi connectivity index (χ1v) is 7.30. The summed E-state index contributed by atoms with van der Waals surface area (Å²) in [5, 5.41) is 19.9. The van der Waals surface area contributed by atoms with E-state index in [0.29, 0.717) is 6.61 Å². The number of nitro benzene ring substituents is 1. The smallest absolute Gasteiger partial charge is 0.310 e. The van der Waals surface area contributed by atoms with E-state index in [1.165, 1.54) is 6.07 Å². The van der Waals surface area contributed by atoms with E-state index in [1.807, 2.05) is 13.8 Å². The Bertz CT molecular complexity index is 538. The van der Waals surface area contributed by atoms with Crippen molar-refractivity contribution in [3.05, 3.63) is 33.9 Å². The van der Waals surface area contributed by atoms with E-state index in [9.17, 15) is 10.1 Å². The second kappa shape index (κ2) is 7.84. The van der Waals surface area contributed by atoms with Crippen LogP contribution < -0.4 is 4.74 Å². The van der Waals surface area contributed by atoms with Crippen molar-refractivity contribution in [3.8, 4) is 11.8 Å². The van der Waals surface area contributed by atoms with Gasteiger partial charge in [-0.05, 0) is 44.7 Å². The molecule has 0 N–H and O–H groups in total. The van der Waals surface area contributed by atoms with Crippen molar-refractivity contribution in [3.63, 3.8) is 0 Å². The molecule has 1 aromatic carbocycles. The molecule has 0 aliphatic rings. The van der Waals surface area contributed by atoms with Crippen LogP contribution in [0.25, 0.3) is 0 Å². The number of benzene rings is 1. The minimum Gasteiger partial charge on any atom is -0.487 e.